The fourth-order valence-corrected chi connectivity index (χ4v) is 4.23. The third-order valence-corrected chi connectivity index (χ3v) is 6.01. The first-order valence-electron chi connectivity index (χ1n) is 10.1. The molecule has 6 nitrogen and oxygen atoms in total. The maximum atomic E-state index is 12.1. The van der Waals surface area contributed by atoms with Crippen LogP contribution in [0.3, 0.4) is 0 Å². The highest BCUT2D eigenvalue weighted by atomic mass is 35.5. The van der Waals surface area contributed by atoms with E-state index in [2.05, 4.69) is 9.97 Å². The minimum Gasteiger partial charge on any atom is -0.478 e. The number of carbonyl (C=O) groups is 1. The molecule has 5 rings (SSSR count). The van der Waals surface area contributed by atoms with Crippen molar-refractivity contribution in [3.8, 4) is 34.0 Å². The zero-order valence-corrected chi connectivity index (χ0v) is 19.6. The first-order valence-corrected chi connectivity index (χ1v) is 11.2. The van der Waals surface area contributed by atoms with E-state index >= 15 is 0 Å². The molecule has 1 aliphatic rings. The molecule has 0 amide bonds. The van der Waals surface area contributed by atoms with Crippen molar-refractivity contribution in [2.45, 2.75) is 0 Å². The standard InChI is InChI=1S/C25H15Cl3N2O4/c26-15-3-1-2-13(8-15)17(25(31)32)11-22-29-23(14-4-7-20-21(9-14)34-12-33-20)24(30-22)18-10-16(27)5-6-19(18)28/h1-11H,12H2,(H,29,30)(H,31,32). The molecule has 0 radical (unpaired) electrons. The summed E-state index contributed by atoms with van der Waals surface area (Å²) in [5, 5.41) is 11.2. The van der Waals surface area contributed by atoms with Crippen molar-refractivity contribution in [1.82, 2.24) is 9.97 Å². The average Bonchev–Trinajstić information content (AvgIpc) is 3.45. The van der Waals surface area contributed by atoms with Gasteiger partial charge in [0.2, 0.25) is 6.79 Å². The van der Waals surface area contributed by atoms with Crippen molar-refractivity contribution in [2.75, 3.05) is 6.79 Å². The van der Waals surface area contributed by atoms with E-state index in [0.29, 0.717) is 54.9 Å². The van der Waals surface area contributed by atoms with E-state index in [9.17, 15) is 9.90 Å². The van der Waals surface area contributed by atoms with Crippen LogP contribution >= 0.6 is 34.8 Å². The second-order valence-electron chi connectivity index (χ2n) is 7.41. The molecule has 1 aromatic heterocycles. The van der Waals surface area contributed by atoms with E-state index in [1.54, 1.807) is 48.5 Å². The van der Waals surface area contributed by atoms with Gasteiger partial charge in [-0.2, -0.15) is 0 Å². The smallest absolute Gasteiger partial charge is 0.336 e. The number of imidazole rings is 1. The number of carboxylic acids is 1. The number of hydrogen-bond donors (Lipinski definition) is 2. The number of carboxylic acid groups (broad SMARTS) is 1. The second-order valence-corrected chi connectivity index (χ2v) is 8.69. The maximum absolute atomic E-state index is 12.1. The Morgan fingerprint density at radius 1 is 0.971 bits per heavy atom. The fourth-order valence-electron chi connectivity index (χ4n) is 3.66. The topological polar surface area (TPSA) is 84.4 Å². The summed E-state index contributed by atoms with van der Waals surface area (Å²) in [6.45, 7) is 0.143. The van der Waals surface area contributed by atoms with Crippen LogP contribution < -0.4 is 9.47 Å². The zero-order chi connectivity index (χ0) is 23.8. The highest BCUT2D eigenvalue weighted by Gasteiger charge is 2.21. The summed E-state index contributed by atoms with van der Waals surface area (Å²) in [4.78, 5) is 20.0. The number of aromatic nitrogens is 2. The van der Waals surface area contributed by atoms with Crippen LogP contribution in [0.5, 0.6) is 11.5 Å². The number of fused-ring (bicyclic) bond motifs is 1. The van der Waals surface area contributed by atoms with Crippen LogP contribution in [0.2, 0.25) is 15.1 Å². The van der Waals surface area contributed by atoms with E-state index < -0.39 is 5.97 Å². The maximum Gasteiger partial charge on any atom is 0.336 e. The number of aliphatic carboxylic acids is 1. The van der Waals surface area contributed by atoms with Gasteiger partial charge in [0.25, 0.3) is 0 Å². The van der Waals surface area contributed by atoms with Crippen molar-refractivity contribution in [3.63, 3.8) is 0 Å². The molecule has 1 aliphatic heterocycles. The third kappa shape index (κ3) is 4.35. The molecule has 0 saturated heterocycles. The predicted octanol–water partition coefficient (Wildman–Crippen LogP) is 7.06. The van der Waals surface area contributed by atoms with Gasteiger partial charge in [0, 0.05) is 21.2 Å². The molecule has 0 atom stereocenters. The van der Waals surface area contributed by atoms with Gasteiger partial charge in [0.15, 0.2) is 11.5 Å². The molecule has 0 unspecified atom stereocenters. The van der Waals surface area contributed by atoms with E-state index in [1.165, 1.54) is 6.08 Å². The summed E-state index contributed by atoms with van der Waals surface area (Å²) in [6, 6.07) is 17.2. The van der Waals surface area contributed by atoms with Crippen molar-refractivity contribution in [3.05, 3.63) is 87.1 Å². The third-order valence-electron chi connectivity index (χ3n) is 5.21. The van der Waals surface area contributed by atoms with Gasteiger partial charge in [-0.25, -0.2) is 9.78 Å². The van der Waals surface area contributed by atoms with Gasteiger partial charge in [0.05, 0.1) is 22.0 Å². The molecule has 34 heavy (non-hydrogen) atoms. The lowest BCUT2D eigenvalue weighted by Gasteiger charge is -2.07. The Hall–Kier alpha value is -3.45. The van der Waals surface area contributed by atoms with Crippen LogP contribution in [-0.2, 0) is 4.79 Å². The summed E-state index contributed by atoms with van der Waals surface area (Å²) in [7, 11) is 0. The van der Waals surface area contributed by atoms with Gasteiger partial charge in [0.1, 0.15) is 5.82 Å². The number of nitrogens with zero attached hydrogens (tertiary/aromatic N) is 1. The fraction of sp³-hybridized carbons (Fsp3) is 0.0400. The molecule has 0 saturated carbocycles. The van der Waals surface area contributed by atoms with Crippen LogP contribution in [0.25, 0.3) is 34.2 Å². The van der Waals surface area contributed by atoms with Crippen LogP contribution in [0.15, 0.2) is 60.7 Å². The number of rotatable bonds is 5. The number of benzene rings is 3. The Labute approximate surface area is 209 Å². The molecule has 9 heteroatoms. The first-order chi connectivity index (χ1) is 16.4. The minimum absolute atomic E-state index is 0.0252. The number of nitrogens with one attached hydrogen (secondary N) is 1. The summed E-state index contributed by atoms with van der Waals surface area (Å²) < 4.78 is 10.9. The predicted molar refractivity (Wildman–Crippen MR) is 133 cm³/mol. The Morgan fingerprint density at radius 2 is 1.76 bits per heavy atom. The number of ether oxygens (including phenoxy) is 2. The van der Waals surface area contributed by atoms with Crippen molar-refractivity contribution in [2.24, 2.45) is 0 Å². The van der Waals surface area contributed by atoms with E-state index in [0.717, 1.165) is 5.56 Å². The van der Waals surface area contributed by atoms with Gasteiger partial charge in [-0.1, -0.05) is 46.9 Å². The van der Waals surface area contributed by atoms with Crippen LogP contribution in [0, 0.1) is 0 Å². The summed E-state index contributed by atoms with van der Waals surface area (Å²) in [6.07, 6.45) is 1.45. The van der Waals surface area contributed by atoms with Crippen molar-refractivity contribution < 1.29 is 19.4 Å². The Balaban J connectivity index is 1.70. The SMILES string of the molecule is O=C(O)C(=Cc1nc(-c2cc(Cl)ccc2Cl)c(-c2ccc3c(c2)OCO3)[nH]1)c1cccc(Cl)c1. The molecule has 0 spiro atoms. The highest BCUT2D eigenvalue weighted by Crippen LogP contribution is 2.40. The normalized spacial score (nSPS) is 12.7. The Bertz CT molecular complexity index is 1460. The number of halogens is 3. The van der Waals surface area contributed by atoms with Gasteiger partial charge in [-0.15, -0.1) is 0 Å². The lowest BCUT2D eigenvalue weighted by atomic mass is 10.0. The number of H-pyrrole nitrogens is 1. The molecule has 4 aromatic rings. The molecule has 0 bridgehead atoms. The van der Waals surface area contributed by atoms with Crippen molar-refractivity contribution >= 4 is 52.4 Å². The largest absolute Gasteiger partial charge is 0.478 e. The van der Waals surface area contributed by atoms with E-state index in [-0.39, 0.29) is 12.4 Å². The lowest BCUT2D eigenvalue weighted by Crippen LogP contribution is -2.00. The molecule has 170 valence electrons. The molecule has 3 aromatic carbocycles. The molecule has 0 fully saturated rings. The van der Waals surface area contributed by atoms with Crippen molar-refractivity contribution in [1.29, 1.82) is 0 Å². The Kier molecular flexibility index (Phi) is 5.96. The molecular formula is C25H15Cl3N2O4. The first kappa shape index (κ1) is 22.3. The van der Waals surface area contributed by atoms with Gasteiger partial charge in [-0.05, 0) is 60.2 Å². The summed E-state index contributed by atoms with van der Waals surface area (Å²) >= 11 is 18.8. The monoisotopic (exact) mass is 512 g/mol. The van der Waals surface area contributed by atoms with Gasteiger partial charge < -0.3 is 19.6 Å². The highest BCUT2D eigenvalue weighted by molar-refractivity contribution is 6.35. The van der Waals surface area contributed by atoms with Crippen LogP contribution in [-0.4, -0.2) is 27.8 Å². The molecule has 2 heterocycles. The second kappa shape index (κ2) is 9.06. The number of aromatic amines is 1. The summed E-state index contributed by atoms with van der Waals surface area (Å²) in [5.41, 5.74) is 2.94. The molecule has 0 aliphatic carbocycles. The lowest BCUT2D eigenvalue weighted by molar-refractivity contribution is -0.130. The quantitative estimate of drug-likeness (QED) is 0.279. The van der Waals surface area contributed by atoms with Crippen LogP contribution in [0.4, 0.5) is 0 Å². The zero-order valence-electron chi connectivity index (χ0n) is 17.3. The summed E-state index contributed by atoms with van der Waals surface area (Å²) in [5.74, 6) is 0.430. The van der Waals surface area contributed by atoms with Crippen LogP contribution in [0.1, 0.15) is 11.4 Å². The van der Waals surface area contributed by atoms with Gasteiger partial charge in [-0.3, -0.25) is 0 Å². The minimum atomic E-state index is -1.12. The van der Waals surface area contributed by atoms with E-state index in [1.807, 2.05) is 12.1 Å². The average molecular weight is 514 g/mol. The molecular weight excluding hydrogens is 499 g/mol. The van der Waals surface area contributed by atoms with Gasteiger partial charge >= 0.3 is 5.97 Å². The number of hydrogen-bond acceptors (Lipinski definition) is 4. The molecule has 2 N–H and O–H groups in total. The van der Waals surface area contributed by atoms with E-state index in [4.69, 9.17) is 44.3 Å². The Morgan fingerprint density at radius 3 is 2.56 bits per heavy atom.